The summed E-state index contributed by atoms with van der Waals surface area (Å²) in [6.45, 7) is 4.06. The van der Waals surface area contributed by atoms with Crippen molar-refractivity contribution in [1.29, 1.82) is 5.26 Å². The van der Waals surface area contributed by atoms with Gasteiger partial charge in [0.1, 0.15) is 11.8 Å². The number of hydrogen-bond donors (Lipinski definition) is 0. The molecule has 0 saturated carbocycles. The van der Waals surface area contributed by atoms with Crippen LogP contribution in [0.2, 0.25) is 0 Å². The van der Waals surface area contributed by atoms with Crippen molar-refractivity contribution in [2.45, 2.75) is 38.8 Å². The molecule has 2 rings (SSSR count). The van der Waals surface area contributed by atoms with Crippen LogP contribution in [0.3, 0.4) is 0 Å². The number of ether oxygens (including phenoxy) is 1. The van der Waals surface area contributed by atoms with Gasteiger partial charge in [0.15, 0.2) is 15.9 Å². The highest BCUT2D eigenvalue weighted by Crippen LogP contribution is 2.22. The zero-order valence-corrected chi connectivity index (χ0v) is 14.8. The van der Waals surface area contributed by atoms with Gasteiger partial charge in [-0.2, -0.15) is 5.26 Å². The quantitative estimate of drug-likeness (QED) is 0.780. The highest BCUT2D eigenvalue weighted by Gasteiger charge is 2.36. The summed E-state index contributed by atoms with van der Waals surface area (Å²) in [7, 11) is -3.07. The second kappa shape index (κ2) is 7.67. The Bertz CT molecular complexity index is 739. The number of carbonyl (C=O) groups is 1. The lowest BCUT2D eigenvalue weighted by Crippen LogP contribution is -2.47. The number of benzene rings is 1. The van der Waals surface area contributed by atoms with Gasteiger partial charge in [0, 0.05) is 12.6 Å². The Kier molecular flexibility index (Phi) is 5.84. The van der Waals surface area contributed by atoms with E-state index in [1.807, 2.05) is 13.0 Å². The summed E-state index contributed by atoms with van der Waals surface area (Å²) in [6, 6.07) is 8.47. The van der Waals surface area contributed by atoms with Gasteiger partial charge in [-0.05, 0) is 31.9 Å². The maximum Gasteiger partial charge on any atom is 0.263 e. The second-order valence-electron chi connectivity index (χ2n) is 5.96. The number of para-hydroxylation sites is 1. The van der Waals surface area contributed by atoms with Crippen LogP contribution in [0.5, 0.6) is 5.75 Å². The van der Waals surface area contributed by atoms with Gasteiger partial charge in [0.2, 0.25) is 0 Å². The fourth-order valence-electron chi connectivity index (χ4n) is 2.87. The van der Waals surface area contributed by atoms with Crippen LogP contribution in [0.4, 0.5) is 0 Å². The lowest BCUT2D eigenvalue weighted by Gasteiger charge is -2.30. The lowest BCUT2D eigenvalue weighted by molar-refractivity contribution is -0.139. The average molecular weight is 350 g/mol. The first kappa shape index (κ1) is 18.3. The van der Waals surface area contributed by atoms with E-state index >= 15 is 0 Å². The largest absolute Gasteiger partial charge is 0.480 e. The normalized spacial score (nSPS) is 20.1. The molecule has 1 heterocycles. The van der Waals surface area contributed by atoms with E-state index in [1.165, 1.54) is 0 Å². The summed E-state index contributed by atoms with van der Waals surface area (Å²) >= 11 is 0. The third-order valence-corrected chi connectivity index (χ3v) is 5.81. The molecule has 2 unspecified atom stereocenters. The van der Waals surface area contributed by atoms with Crippen molar-refractivity contribution < 1.29 is 17.9 Å². The summed E-state index contributed by atoms with van der Waals surface area (Å²) in [5.74, 6) is 0.251. The topological polar surface area (TPSA) is 87.5 Å². The van der Waals surface area contributed by atoms with E-state index in [0.717, 1.165) is 6.42 Å². The number of amides is 1. The van der Waals surface area contributed by atoms with Crippen molar-refractivity contribution in [3.05, 3.63) is 29.8 Å². The number of carbonyl (C=O) groups excluding carboxylic acids is 1. The Morgan fingerprint density at radius 1 is 1.46 bits per heavy atom. The van der Waals surface area contributed by atoms with E-state index in [9.17, 15) is 13.2 Å². The maximum atomic E-state index is 12.8. The van der Waals surface area contributed by atoms with Crippen molar-refractivity contribution in [3.63, 3.8) is 0 Å². The molecule has 1 aliphatic rings. The first-order valence-electron chi connectivity index (χ1n) is 8.04. The number of nitriles is 1. The van der Waals surface area contributed by atoms with E-state index in [0.29, 0.717) is 24.3 Å². The molecule has 7 heteroatoms. The van der Waals surface area contributed by atoms with Gasteiger partial charge >= 0.3 is 0 Å². The Balaban J connectivity index is 2.13. The van der Waals surface area contributed by atoms with Crippen LogP contribution in [0.1, 0.15) is 32.3 Å². The molecule has 0 aliphatic carbocycles. The highest BCUT2D eigenvalue weighted by atomic mass is 32.2. The van der Waals surface area contributed by atoms with Gasteiger partial charge in [-0.15, -0.1) is 0 Å². The van der Waals surface area contributed by atoms with E-state index in [-0.39, 0.29) is 23.5 Å². The molecule has 0 N–H and O–H groups in total. The summed E-state index contributed by atoms with van der Waals surface area (Å²) in [4.78, 5) is 14.4. The van der Waals surface area contributed by atoms with Crippen LogP contribution >= 0.6 is 0 Å². The van der Waals surface area contributed by atoms with Crippen molar-refractivity contribution in [2.24, 2.45) is 0 Å². The molecule has 1 aromatic carbocycles. The molecule has 0 spiro atoms. The van der Waals surface area contributed by atoms with Crippen molar-refractivity contribution in [2.75, 3.05) is 18.1 Å². The summed E-state index contributed by atoms with van der Waals surface area (Å²) in [5, 5.41) is 9.10. The summed E-state index contributed by atoms with van der Waals surface area (Å²) in [6.07, 6.45) is 0.425. The Morgan fingerprint density at radius 3 is 2.75 bits per heavy atom. The Labute approximate surface area is 142 Å². The standard InChI is InChI=1S/C17H22N2O4S/c1-3-9-19(15-8-10-24(21,22)12-15)17(20)13(2)23-16-7-5-4-6-14(16)11-18/h4-7,13,15H,3,8-10,12H2,1-2H3. The molecule has 0 radical (unpaired) electrons. The van der Waals surface area contributed by atoms with E-state index in [2.05, 4.69) is 0 Å². The van der Waals surface area contributed by atoms with E-state index in [1.54, 1.807) is 36.1 Å². The number of nitrogens with zero attached hydrogens (tertiary/aromatic N) is 2. The summed E-state index contributed by atoms with van der Waals surface area (Å²) in [5.41, 5.74) is 0.364. The number of hydrogen-bond acceptors (Lipinski definition) is 5. The first-order valence-corrected chi connectivity index (χ1v) is 9.86. The molecule has 0 bridgehead atoms. The van der Waals surface area contributed by atoms with Crippen molar-refractivity contribution in [1.82, 2.24) is 4.90 Å². The van der Waals surface area contributed by atoms with Gasteiger partial charge in [-0.3, -0.25) is 4.79 Å². The van der Waals surface area contributed by atoms with E-state index in [4.69, 9.17) is 10.00 Å². The molecule has 1 aliphatic heterocycles. The number of sulfone groups is 1. The molecule has 0 aromatic heterocycles. The van der Waals surface area contributed by atoms with Crippen LogP contribution in [-0.4, -0.2) is 49.4 Å². The molecule has 1 fully saturated rings. The second-order valence-corrected chi connectivity index (χ2v) is 8.19. The smallest absolute Gasteiger partial charge is 0.263 e. The zero-order valence-electron chi connectivity index (χ0n) is 13.9. The Hall–Kier alpha value is -2.07. The molecular weight excluding hydrogens is 328 g/mol. The monoisotopic (exact) mass is 350 g/mol. The SMILES string of the molecule is CCCN(C(=O)C(C)Oc1ccccc1C#N)C1CCS(=O)(=O)C1. The fourth-order valence-corrected chi connectivity index (χ4v) is 4.60. The molecule has 24 heavy (non-hydrogen) atoms. The summed E-state index contributed by atoms with van der Waals surface area (Å²) < 4.78 is 29.1. The van der Waals surface area contributed by atoms with E-state index < -0.39 is 15.9 Å². The third-order valence-electron chi connectivity index (χ3n) is 4.06. The van der Waals surface area contributed by atoms with Crippen molar-refractivity contribution >= 4 is 15.7 Å². The predicted molar refractivity (Wildman–Crippen MR) is 90.3 cm³/mol. The molecule has 1 amide bonds. The molecule has 2 atom stereocenters. The van der Waals surface area contributed by atoms with Crippen LogP contribution in [0.15, 0.2) is 24.3 Å². The highest BCUT2D eigenvalue weighted by molar-refractivity contribution is 7.91. The zero-order chi connectivity index (χ0) is 17.7. The maximum absolute atomic E-state index is 12.8. The van der Waals surface area contributed by atoms with Crippen LogP contribution in [0, 0.1) is 11.3 Å². The van der Waals surface area contributed by atoms with Crippen LogP contribution < -0.4 is 4.74 Å². The van der Waals surface area contributed by atoms with Gasteiger partial charge in [-0.1, -0.05) is 19.1 Å². The minimum absolute atomic E-state index is 0.0141. The minimum atomic E-state index is -3.07. The van der Waals surface area contributed by atoms with Gasteiger partial charge in [0.25, 0.3) is 5.91 Å². The molecule has 130 valence electrons. The van der Waals surface area contributed by atoms with Gasteiger partial charge < -0.3 is 9.64 Å². The van der Waals surface area contributed by atoms with Crippen LogP contribution in [-0.2, 0) is 14.6 Å². The third kappa shape index (κ3) is 4.26. The minimum Gasteiger partial charge on any atom is -0.480 e. The molecule has 6 nitrogen and oxygen atoms in total. The van der Waals surface area contributed by atoms with Crippen molar-refractivity contribution in [3.8, 4) is 11.8 Å². The first-order chi connectivity index (χ1) is 11.4. The molecule has 1 aromatic rings. The van der Waals surface area contributed by atoms with Gasteiger partial charge in [-0.25, -0.2) is 8.42 Å². The van der Waals surface area contributed by atoms with Crippen LogP contribution in [0.25, 0.3) is 0 Å². The fraction of sp³-hybridized carbons (Fsp3) is 0.529. The number of rotatable bonds is 6. The molecule has 1 saturated heterocycles. The molecular formula is C17H22N2O4S. The average Bonchev–Trinajstić information content (AvgIpc) is 2.92. The van der Waals surface area contributed by atoms with Gasteiger partial charge in [0.05, 0.1) is 17.1 Å². The Morgan fingerprint density at radius 2 is 2.17 bits per heavy atom. The predicted octanol–water partition coefficient (Wildman–Crippen LogP) is 1.75. The lowest BCUT2D eigenvalue weighted by atomic mass is 10.1.